The van der Waals surface area contributed by atoms with E-state index in [1.54, 1.807) is 16.9 Å². The van der Waals surface area contributed by atoms with Gasteiger partial charge in [-0.1, -0.05) is 20.3 Å². The predicted octanol–water partition coefficient (Wildman–Crippen LogP) is 6.67. The highest BCUT2D eigenvalue weighted by molar-refractivity contribution is 5.85. The number of nitrogens with zero attached hydrogens (tertiary/aromatic N) is 2. The maximum absolute atomic E-state index is 13.9. The summed E-state index contributed by atoms with van der Waals surface area (Å²) in [6, 6.07) is 4.69. The van der Waals surface area contributed by atoms with Gasteiger partial charge in [-0.3, -0.25) is 9.48 Å². The Morgan fingerprint density at radius 2 is 2.00 bits per heavy atom. The molecule has 4 nitrogen and oxygen atoms in total. The Labute approximate surface area is 209 Å². The summed E-state index contributed by atoms with van der Waals surface area (Å²) in [4.78, 5) is 13.7. The molecule has 0 bridgehead atoms. The Bertz CT molecular complexity index is 1110. The highest BCUT2D eigenvalue weighted by Crippen LogP contribution is 2.68. The Morgan fingerprint density at radius 1 is 1.14 bits per heavy atom. The van der Waals surface area contributed by atoms with E-state index in [2.05, 4.69) is 18.9 Å². The number of Topliss-reactive ketones (excluding diaryl/α,β-unsaturated/α-hetero) is 1. The Kier molecular flexibility index (Phi) is 5.86. The summed E-state index contributed by atoms with van der Waals surface area (Å²) < 4.78 is 21.5. The molecule has 6 rings (SSSR count). The molecule has 0 N–H and O–H groups in total. The van der Waals surface area contributed by atoms with E-state index in [-0.39, 0.29) is 29.5 Å². The molecule has 0 aliphatic heterocycles. The lowest BCUT2D eigenvalue weighted by molar-refractivity contribution is -0.154. The standard InChI is InChI=1S/C30H41FN2O2/c1-19-10-13-30(18-35-3)21(14-19)5-7-23-24-8-9-26(29(24,2)12-11-25(23)30)28(34)17-33-27-15-22(31)6-4-20(27)16-32-33/h4,6,15-16,19,21,23-26H,5,7-14,17-18H2,1-3H3/t19?,21?,23?,24?,25?,26-,29+,30?/m1/s1. The number of benzene rings is 1. The minimum absolute atomic E-state index is 0.0789. The van der Waals surface area contributed by atoms with Crippen molar-refractivity contribution >= 4 is 16.7 Å². The third kappa shape index (κ3) is 3.62. The van der Waals surface area contributed by atoms with Crippen LogP contribution in [0.15, 0.2) is 24.4 Å². The second kappa shape index (κ2) is 8.68. The number of fused-ring (bicyclic) bond motifs is 6. The van der Waals surface area contributed by atoms with Crippen LogP contribution >= 0.6 is 0 Å². The largest absolute Gasteiger partial charge is 0.384 e. The van der Waals surface area contributed by atoms with Gasteiger partial charge >= 0.3 is 0 Å². The van der Waals surface area contributed by atoms with Crippen LogP contribution in [0.1, 0.15) is 71.6 Å². The van der Waals surface area contributed by atoms with E-state index in [0.29, 0.717) is 16.8 Å². The molecular weight excluding hydrogens is 439 g/mol. The Hall–Kier alpha value is -1.75. The van der Waals surface area contributed by atoms with Crippen molar-refractivity contribution in [1.29, 1.82) is 0 Å². The average Bonchev–Trinajstić information content (AvgIpc) is 3.39. The summed E-state index contributed by atoms with van der Waals surface area (Å²) in [6.07, 6.45) is 13.0. The first-order chi connectivity index (χ1) is 16.9. The van der Waals surface area contributed by atoms with Crippen LogP contribution < -0.4 is 0 Å². The number of aromatic nitrogens is 2. The molecule has 0 amide bonds. The van der Waals surface area contributed by atoms with Crippen LogP contribution in [0.25, 0.3) is 10.9 Å². The lowest BCUT2D eigenvalue weighted by Crippen LogP contribution is -2.56. The average molecular weight is 481 g/mol. The molecule has 6 unspecified atom stereocenters. The summed E-state index contributed by atoms with van der Waals surface area (Å²) in [5.74, 6) is 3.86. The monoisotopic (exact) mass is 480 g/mol. The van der Waals surface area contributed by atoms with Crippen LogP contribution in [0, 0.1) is 52.2 Å². The molecule has 4 saturated carbocycles. The zero-order valence-electron chi connectivity index (χ0n) is 21.6. The zero-order valence-corrected chi connectivity index (χ0v) is 21.6. The van der Waals surface area contributed by atoms with E-state index in [9.17, 15) is 9.18 Å². The number of hydrogen-bond donors (Lipinski definition) is 0. The van der Waals surface area contributed by atoms with E-state index < -0.39 is 0 Å². The fourth-order valence-electron chi connectivity index (χ4n) is 9.77. The summed E-state index contributed by atoms with van der Waals surface area (Å²) in [5.41, 5.74) is 1.15. The van der Waals surface area contributed by atoms with Gasteiger partial charge in [0.2, 0.25) is 0 Å². The molecule has 1 heterocycles. The van der Waals surface area contributed by atoms with Gasteiger partial charge in [0.1, 0.15) is 12.4 Å². The fraction of sp³-hybridized carbons (Fsp3) is 0.733. The van der Waals surface area contributed by atoms with Gasteiger partial charge in [0, 0.05) is 18.4 Å². The number of rotatable bonds is 5. The van der Waals surface area contributed by atoms with Crippen LogP contribution in [-0.2, 0) is 16.1 Å². The maximum Gasteiger partial charge on any atom is 0.157 e. The predicted molar refractivity (Wildman–Crippen MR) is 135 cm³/mol. The Morgan fingerprint density at radius 3 is 2.83 bits per heavy atom. The lowest BCUT2D eigenvalue weighted by atomic mass is 9.44. The van der Waals surface area contributed by atoms with E-state index in [1.807, 2.05) is 7.11 Å². The summed E-state index contributed by atoms with van der Waals surface area (Å²) in [7, 11) is 1.90. The molecule has 190 valence electrons. The molecule has 1 aromatic carbocycles. The van der Waals surface area contributed by atoms with Crippen LogP contribution in [0.3, 0.4) is 0 Å². The van der Waals surface area contributed by atoms with Crippen molar-refractivity contribution < 1.29 is 13.9 Å². The number of hydrogen-bond acceptors (Lipinski definition) is 3. The lowest BCUT2D eigenvalue weighted by Gasteiger charge is -2.61. The SMILES string of the molecule is COCC12CCC(C)CC1CCC1C2CC[C@@]2(C)C1CC[C@@H]2C(=O)Cn1ncc2ccc(F)cc21. The van der Waals surface area contributed by atoms with Gasteiger partial charge in [0.05, 0.1) is 18.3 Å². The van der Waals surface area contributed by atoms with Gasteiger partial charge in [0.25, 0.3) is 0 Å². The second-order valence-electron chi connectivity index (χ2n) is 12.8. The highest BCUT2D eigenvalue weighted by Gasteiger charge is 2.62. The molecule has 35 heavy (non-hydrogen) atoms. The van der Waals surface area contributed by atoms with Gasteiger partial charge in [-0.2, -0.15) is 5.10 Å². The van der Waals surface area contributed by atoms with E-state index in [4.69, 9.17) is 4.74 Å². The number of ether oxygens (including phenoxy) is 1. The third-order valence-corrected chi connectivity index (χ3v) is 11.3. The molecule has 4 aliphatic rings. The molecular formula is C30H41FN2O2. The third-order valence-electron chi connectivity index (χ3n) is 11.3. The van der Waals surface area contributed by atoms with Crippen molar-refractivity contribution in [3.63, 3.8) is 0 Å². The maximum atomic E-state index is 13.9. The highest BCUT2D eigenvalue weighted by atomic mass is 19.1. The van der Waals surface area contributed by atoms with Crippen molar-refractivity contribution in [1.82, 2.24) is 9.78 Å². The van der Waals surface area contributed by atoms with Crippen LogP contribution in [0.5, 0.6) is 0 Å². The van der Waals surface area contributed by atoms with Crippen molar-refractivity contribution in [2.45, 2.75) is 78.2 Å². The first kappa shape index (κ1) is 23.6. The van der Waals surface area contributed by atoms with Gasteiger partial charge in [-0.05, 0) is 110 Å². The van der Waals surface area contributed by atoms with E-state index in [0.717, 1.165) is 48.5 Å². The van der Waals surface area contributed by atoms with Crippen LogP contribution in [0.2, 0.25) is 0 Å². The molecule has 5 heteroatoms. The molecule has 4 aliphatic carbocycles. The van der Waals surface area contributed by atoms with Crippen LogP contribution in [-0.4, -0.2) is 29.3 Å². The number of methoxy groups -OCH3 is 1. The minimum Gasteiger partial charge on any atom is -0.384 e. The molecule has 4 fully saturated rings. The fourth-order valence-corrected chi connectivity index (χ4v) is 9.77. The molecule has 0 spiro atoms. The normalized spacial score (nSPS) is 40.8. The topological polar surface area (TPSA) is 44.1 Å². The smallest absolute Gasteiger partial charge is 0.157 e. The Balaban J connectivity index is 1.24. The quantitative estimate of drug-likeness (QED) is 0.480. The van der Waals surface area contributed by atoms with Gasteiger partial charge < -0.3 is 4.74 Å². The molecule has 0 radical (unpaired) electrons. The van der Waals surface area contributed by atoms with Crippen LogP contribution in [0.4, 0.5) is 4.39 Å². The van der Waals surface area contributed by atoms with Crippen molar-refractivity contribution in [2.75, 3.05) is 13.7 Å². The summed E-state index contributed by atoms with van der Waals surface area (Å²) in [5, 5.41) is 5.32. The minimum atomic E-state index is -0.282. The summed E-state index contributed by atoms with van der Waals surface area (Å²) >= 11 is 0. The number of ketones is 1. The zero-order chi connectivity index (χ0) is 24.4. The second-order valence-corrected chi connectivity index (χ2v) is 12.8. The molecule has 0 saturated heterocycles. The van der Waals surface area contributed by atoms with Gasteiger partial charge in [0.15, 0.2) is 5.78 Å². The molecule has 1 aromatic heterocycles. The van der Waals surface area contributed by atoms with E-state index in [1.165, 1.54) is 57.1 Å². The van der Waals surface area contributed by atoms with E-state index >= 15 is 0 Å². The van der Waals surface area contributed by atoms with Gasteiger partial charge in [-0.25, -0.2) is 4.39 Å². The van der Waals surface area contributed by atoms with Crippen molar-refractivity contribution in [3.8, 4) is 0 Å². The molecule has 8 atom stereocenters. The molecule has 2 aromatic rings. The number of carbonyl (C=O) groups is 1. The van der Waals surface area contributed by atoms with Gasteiger partial charge in [-0.15, -0.1) is 0 Å². The summed E-state index contributed by atoms with van der Waals surface area (Å²) in [6.45, 7) is 6.02. The first-order valence-corrected chi connectivity index (χ1v) is 14.0. The number of carbonyl (C=O) groups excluding carboxylic acids is 1. The van der Waals surface area contributed by atoms with Crippen molar-refractivity contribution in [2.24, 2.45) is 46.3 Å². The first-order valence-electron chi connectivity index (χ1n) is 14.0. The van der Waals surface area contributed by atoms with Crippen molar-refractivity contribution in [3.05, 3.63) is 30.2 Å². The number of halogens is 1.